The van der Waals surface area contributed by atoms with Crippen LogP contribution in [0.4, 0.5) is 5.69 Å². The van der Waals surface area contributed by atoms with E-state index in [1.807, 2.05) is 32.0 Å². The Balaban J connectivity index is 1.51. The van der Waals surface area contributed by atoms with Crippen LogP contribution in [-0.4, -0.2) is 49.4 Å². The lowest BCUT2D eigenvalue weighted by Gasteiger charge is -2.31. The van der Waals surface area contributed by atoms with Crippen molar-refractivity contribution in [2.45, 2.75) is 13.8 Å². The third-order valence-electron chi connectivity index (χ3n) is 4.70. The summed E-state index contributed by atoms with van der Waals surface area (Å²) in [5, 5.41) is 3.03. The highest BCUT2D eigenvalue weighted by atomic mass is 79.9. The highest BCUT2D eigenvalue weighted by molar-refractivity contribution is 9.10. The van der Waals surface area contributed by atoms with Crippen molar-refractivity contribution in [3.63, 3.8) is 0 Å². The van der Waals surface area contributed by atoms with Crippen molar-refractivity contribution in [3.8, 4) is 0 Å². The summed E-state index contributed by atoms with van der Waals surface area (Å²) < 4.78 is 5.88. The molecule has 2 heterocycles. The van der Waals surface area contributed by atoms with E-state index in [-0.39, 0.29) is 11.8 Å². The Kier molecular flexibility index (Phi) is 5.78. The summed E-state index contributed by atoms with van der Waals surface area (Å²) >= 11 is 3.21. The number of benzene rings is 1. The highest BCUT2D eigenvalue weighted by Crippen LogP contribution is 2.19. The number of hydrogen-bond donors (Lipinski definition) is 2. The third kappa shape index (κ3) is 4.34. The molecule has 2 amide bonds. The van der Waals surface area contributed by atoms with Crippen LogP contribution in [0.15, 0.2) is 39.4 Å². The van der Waals surface area contributed by atoms with Gasteiger partial charge in [0.05, 0.1) is 26.2 Å². The number of carbonyl (C=O) groups excluding carboxylic acids is 2. The number of carbonyl (C=O) groups is 2. The number of nitrogens with zero attached hydrogens (tertiary/aromatic N) is 1. The molecule has 0 aliphatic carbocycles. The molecule has 1 fully saturated rings. The molecule has 0 radical (unpaired) electrons. The molecule has 0 spiro atoms. The summed E-state index contributed by atoms with van der Waals surface area (Å²) in [7, 11) is 0. The van der Waals surface area contributed by atoms with Crippen LogP contribution in [-0.2, 0) is 4.79 Å². The smallest absolute Gasteiger partial charge is 0.290 e. The minimum Gasteiger partial charge on any atom is -0.444 e. The van der Waals surface area contributed by atoms with Crippen LogP contribution in [0.1, 0.15) is 21.7 Å². The predicted octanol–water partition coefficient (Wildman–Crippen LogP) is 1.64. The second kappa shape index (κ2) is 8.05. The average molecular weight is 421 g/mol. The molecule has 2 aromatic rings. The van der Waals surface area contributed by atoms with Gasteiger partial charge in [-0.2, -0.15) is 0 Å². The van der Waals surface area contributed by atoms with Crippen LogP contribution in [0, 0.1) is 13.8 Å². The Morgan fingerprint density at radius 3 is 2.38 bits per heavy atom. The number of hydrogen-bond acceptors (Lipinski definition) is 3. The summed E-state index contributed by atoms with van der Waals surface area (Å²) in [6, 6.07) is 9.36. The molecular formula is C19H23BrN3O3+. The summed E-state index contributed by atoms with van der Waals surface area (Å²) in [6.45, 7) is 7.11. The molecule has 2 N–H and O–H groups in total. The quantitative estimate of drug-likeness (QED) is 0.789. The molecule has 6 nitrogen and oxygen atoms in total. The minimum atomic E-state index is -0.102. The number of anilines is 1. The zero-order chi connectivity index (χ0) is 18.7. The number of amides is 2. The van der Waals surface area contributed by atoms with E-state index in [2.05, 4.69) is 21.2 Å². The summed E-state index contributed by atoms with van der Waals surface area (Å²) in [5.74, 6) is 0.245. The van der Waals surface area contributed by atoms with E-state index in [9.17, 15) is 9.59 Å². The average Bonchev–Trinajstić information content (AvgIpc) is 3.05. The number of furan rings is 1. The second-order valence-corrected chi connectivity index (χ2v) is 7.42. The first-order valence-corrected chi connectivity index (χ1v) is 9.47. The molecule has 0 unspecified atom stereocenters. The van der Waals surface area contributed by atoms with Crippen molar-refractivity contribution in [2.24, 2.45) is 0 Å². The van der Waals surface area contributed by atoms with Gasteiger partial charge in [0.1, 0.15) is 0 Å². The number of rotatable bonds is 4. The van der Waals surface area contributed by atoms with Gasteiger partial charge < -0.3 is 19.5 Å². The SMILES string of the molecule is Cc1cccc(C)c1NC(=O)C[NH+]1CCN(C(=O)c2ccc(Br)o2)CC1. The van der Waals surface area contributed by atoms with E-state index >= 15 is 0 Å². The number of quaternary nitrogens is 1. The normalized spacial score (nSPS) is 15.1. The first-order chi connectivity index (χ1) is 12.4. The molecule has 3 rings (SSSR count). The molecule has 1 aromatic heterocycles. The maximum absolute atomic E-state index is 12.4. The molecular weight excluding hydrogens is 398 g/mol. The number of halogens is 1. The van der Waals surface area contributed by atoms with Crippen molar-refractivity contribution >= 4 is 33.4 Å². The lowest BCUT2D eigenvalue weighted by molar-refractivity contribution is -0.895. The fourth-order valence-electron chi connectivity index (χ4n) is 3.21. The number of nitrogens with one attached hydrogen (secondary N) is 2. The monoisotopic (exact) mass is 420 g/mol. The van der Waals surface area contributed by atoms with Gasteiger partial charge in [-0.1, -0.05) is 18.2 Å². The van der Waals surface area contributed by atoms with Gasteiger partial charge in [0.15, 0.2) is 17.0 Å². The van der Waals surface area contributed by atoms with Gasteiger partial charge in [0.25, 0.3) is 11.8 Å². The van der Waals surface area contributed by atoms with Crippen molar-refractivity contribution in [1.29, 1.82) is 0 Å². The fourth-order valence-corrected chi connectivity index (χ4v) is 3.52. The third-order valence-corrected chi connectivity index (χ3v) is 5.12. The van der Waals surface area contributed by atoms with Crippen LogP contribution in [0.5, 0.6) is 0 Å². The molecule has 7 heteroatoms. The first kappa shape index (κ1) is 18.7. The lowest BCUT2D eigenvalue weighted by atomic mass is 10.1. The van der Waals surface area contributed by atoms with Crippen molar-refractivity contribution < 1.29 is 18.9 Å². The van der Waals surface area contributed by atoms with Gasteiger partial charge in [-0.15, -0.1) is 0 Å². The summed E-state index contributed by atoms with van der Waals surface area (Å²) in [5.41, 5.74) is 3.02. The van der Waals surface area contributed by atoms with E-state index in [0.29, 0.717) is 30.1 Å². The number of aryl methyl sites for hydroxylation is 2. The largest absolute Gasteiger partial charge is 0.444 e. The molecule has 0 saturated carbocycles. The molecule has 0 bridgehead atoms. The Morgan fingerprint density at radius 1 is 1.15 bits per heavy atom. The van der Waals surface area contributed by atoms with Gasteiger partial charge in [-0.05, 0) is 53.0 Å². The van der Waals surface area contributed by atoms with Gasteiger partial charge in [0, 0.05) is 5.69 Å². The Bertz CT molecular complexity index is 790. The van der Waals surface area contributed by atoms with Crippen LogP contribution >= 0.6 is 15.9 Å². The molecule has 1 aromatic carbocycles. The second-order valence-electron chi connectivity index (χ2n) is 6.64. The van der Waals surface area contributed by atoms with E-state index in [1.165, 1.54) is 4.90 Å². The Hall–Kier alpha value is -2.12. The highest BCUT2D eigenvalue weighted by Gasteiger charge is 2.27. The maximum Gasteiger partial charge on any atom is 0.290 e. The number of para-hydroxylation sites is 1. The zero-order valence-electron chi connectivity index (χ0n) is 15.0. The van der Waals surface area contributed by atoms with E-state index in [4.69, 9.17) is 4.42 Å². The lowest BCUT2D eigenvalue weighted by Crippen LogP contribution is -3.15. The van der Waals surface area contributed by atoms with Crippen molar-refractivity contribution in [3.05, 3.63) is 51.9 Å². The first-order valence-electron chi connectivity index (χ1n) is 8.68. The predicted molar refractivity (Wildman–Crippen MR) is 102 cm³/mol. The molecule has 138 valence electrons. The van der Waals surface area contributed by atoms with Crippen LogP contribution in [0.3, 0.4) is 0 Å². The Labute approximate surface area is 161 Å². The topological polar surface area (TPSA) is 67.0 Å². The van der Waals surface area contributed by atoms with Crippen molar-refractivity contribution in [2.75, 3.05) is 38.0 Å². The van der Waals surface area contributed by atoms with Gasteiger partial charge in [-0.25, -0.2) is 0 Å². The molecule has 26 heavy (non-hydrogen) atoms. The van der Waals surface area contributed by atoms with Gasteiger partial charge >= 0.3 is 0 Å². The van der Waals surface area contributed by atoms with E-state index < -0.39 is 0 Å². The summed E-state index contributed by atoms with van der Waals surface area (Å²) in [6.07, 6.45) is 0. The van der Waals surface area contributed by atoms with E-state index in [1.54, 1.807) is 17.0 Å². The van der Waals surface area contributed by atoms with Gasteiger partial charge in [-0.3, -0.25) is 9.59 Å². The molecule has 0 atom stereocenters. The Morgan fingerprint density at radius 2 is 1.81 bits per heavy atom. The minimum absolute atomic E-state index is 0.00661. The maximum atomic E-state index is 12.4. The summed E-state index contributed by atoms with van der Waals surface area (Å²) in [4.78, 5) is 27.7. The van der Waals surface area contributed by atoms with Gasteiger partial charge in [0.2, 0.25) is 0 Å². The van der Waals surface area contributed by atoms with Crippen LogP contribution < -0.4 is 10.2 Å². The zero-order valence-corrected chi connectivity index (χ0v) is 16.6. The van der Waals surface area contributed by atoms with Crippen LogP contribution in [0.25, 0.3) is 0 Å². The fraction of sp³-hybridized carbons (Fsp3) is 0.368. The number of piperazine rings is 1. The van der Waals surface area contributed by atoms with E-state index in [0.717, 1.165) is 29.9 Å². The molecule has 1 aliphatic rings. The van der Waals surface area contributed by atoms with Crippen molar-refractivity contribution in [1.82, 2.24) is 4.90 Å². The van der Waals surface area contributed by atoms with Crippen LogP contribution in [0.2, 0.25) is 0 Å². The molecule has 1 aliphatic heterocycles. The molecule has 1 saturated heterocycles. The standard InChI is InChI=1S/C19H22BrN3O3/c1-13-4-3-5-14(2)18(13)21-17(24)12-22-8-10-23(11-9-22)19(25)15-6-7-16(20)26-15/h3-7H,8-12H2,1-2H3,(H,21,24)/p+1.